The van der Waals surface area contributed by atoms with Crippen molar-refractivity contribution in [2.45, 2.75) is 26.8 Å². The van der Waals surface area contributed by atoms with Crippen molar-refractivity contribution in [2.75, 3.05) is 20.3 Å². The van der Waals surface area contributed by atoms with Crippen LogP contribution in [0.25, 0.3) is 0 Å². The summed E-state index contributed by atoms with van der Waals surface area (Å²) in [5, 5.41) is 0.778. The summed E-state index contributed by atoms with van der Waals surface area (Å²) in [7, 11) is 1.68. The number of hydrogen-bond donors (Lipinski definition) is 0. The molecule has 0 spiro atoms. The smallest absolute Gasteiger partial charge is 0.202 e. The molecule has 24 heavy (non-hydrogen) atoms. The summed E-state index contributed by atoms with van der Waals surface area (Å²) < 4.78 is 12.7. The van der Waals surface area contributed by atoms with Crippen LogP contribution in [0.3, 0.4) is 0 Å². The summed E-state index contributed by atoms with van der Waals surface area (Å²) >= 11 is 12.1. The van der Waals surface area contributed by atoms with Gasteiger partial charge in [0.25, 0.3) is 0 Å². The Morgan fingerprint density at radius 1 is 1.21 bits per heavy atom. The Hall–Kier alpha value is -1.49. The van der Waals surface area contributed by atoms with Gasteiger partial charge in [-0.05, 0) is 38.5 Å². The van der Waals surface area contributed by atoms with Crippen molar-refractivity contribution >= 4 is 29.0 Å². The Morgan fingerprint density at radius 2 is 1.88 bits per heavy atom. The van der Waals surface area contributed by atoms with Gasteiger partial charge in [-0.15, -0.1) is 0 Å². The van der Waals surface area contributed by atoms with Crippen molar-refractivity contribution in [3.8, 4) is 5.75 Å². The first kappa shape index (κ1) is 18.8. The highest BCUT2D eigenvalue weighted by Crippen LogP contribution is 2.32. The fraction of sp³-hybridized carbons (Fsp3) is 0.389. The van der Waals surface area contributed by atoms with Crippen molar-refractivity contribution in [1.29, 1.82) is 0 Å². The molecule has 0 unspecified atom stereocenters. The first-order valence-electron chi connectivity index (χ1n) is 7.71. The first-order chi connectivity index (χ1) is 11.5. The maximum Gasteiger partial charge on any atom is 0.202 e. The number of para-hydroxylation sites is 1. The number of benzene rings is 1. The van der Waals surface area contributed by atoms with Crippen LogP contribution in [0.15, 0.2) is 24.3 Å². The van der Waals surface area contributed by atoms with E-state index in [9.17, 15) is 4.79 Å². The minimum absolute atomic E-state index is 0.0999. The fourth-order valence-electron chi connectivity index (χ4n) is 2.63. The average molecular weight is 370 g/mol. The monoisotopic (exact) mass is 369 g/mol. The molecule has 0 aliphatic heterocycles. The lowest BCUT2D eigenvalue weighted by atomic mass is 10.1. The average Bonchev–Trinajstić information content (AvgIpc) is 2.82. The normalized spacial score (nSPS) is 10.9. The lowest BCUT2D eigenvalue weighted by Gasteiger charge is -2.10. The molecule has 0 saturated carbocycles. The lowest BCUT2D eigenvalue weighted by molar-refractivity contribution is 0.0921. The molecule has 1 aromatic carbocycles. The molecule has 1 heterocycles. The second-order valence-electron chi connectivity index (χ2n) is 5.55. The molecule has 0 saturated heterocycles. The molecule has 0 bridgehead atoms. The quantitative estimate of drug-likeness (QED) is 0.499. The number of Topliss-reactive ketones (excluding diaryl/α,β-unsaturated/α-hetero) is 1. The second kappa shape index (κ2) is 8.56. The van der Waals surface area contributed by atoms with Crippen LogP contribution >= 0.6 is 23.2 Å². The predicted molar refractivity (Wildman–Crippen MR) is 96.7 cm³/mol. The highest BCUT2D eigenvalue weighted by atomic mass is 35.5. The molecule has 0 N–H and O–H groups in total. The van der Waals surface area contributed by atoms with E-state index in [0.29, 0.717) is 28.0 Å². The number of hydrogen-bond acceptors (Lipinski definition) is 3. The molecular weight excluding hydrogens is 349 g/mol. The molecule has 2 aromatic rings. The molecule has 2 rings (SSSR count). The number of methoxy groups -OCH3 is 1. The molecule has 6 heteroatoms. The van der Waals surface area contributed by atoms with E-state index in [-0.39, 0.29) is 12.4 Å². The van der Waals surface area contributed by atoms with Gasteiger partial charge in [0, 0.05) is 37.2 Å². The fourth-order valence-corrected chi connectivity index (χ4v) is 3.14. The van der Waals surface area contributed by atoms with Crippen LogP contribution in [0, 0.1) is 13.8 Å². The van der Waals surface area contributed by atoms with Crippen molar-refractivity contribution in [2.24, 2.45) is 0 Å². The number of carbonyl (C=O) groups is 1. The maximum absolute atomic E-state index is 12.5. The van der Waals surface area contributed by atoms with Gasteiger partial charge in [-0.3, -0.25) is 4.79 Å². The van der Waals surface area contributed by atoms with Crippen LogP contribution in [-0.4, -0.2) is 30.7 Å². The second-order valence-corrected chi connectivity index (χ2v) is 6.36. The van der Waals surface area contributed by atoms with Crippen LogP contribution < -0.4 is 4.74 Å². The highest BCUT2D eigenvalue weighted by Gasteiger charge is 2.17. The molecule has 0 fully saturated rings. The Kier molecular flexibility index (Phi) is 6.72. The minimum atomic E-state index is -0.105. The molecule has 0 amide bonds. The van der Waals surface area contributed by atoms with Crippen LogP contribution in [0.1, 0.15) is 28.2 Å². The van der Waals surface area contributed by atoms with Gasteiger partial charge in [0.1, 0.15) is 0 Å². The van der Waals surface area contributed by atoms with Gasteiger partial charge in [0.2, 0.25) is 5.78 Å². The summed E-state index contributed by atoms with van der Waals surface area (Å²) in [6.45, 7) is 5.33. The van der Waals surface area contributed by atoms with E-state index >= 15 is 0 Å². The van der Waals surface area contributed by atoms with Crippen molar-refractivity contribution < 1.29 is 14.3 Å². The van der Waals surface area contributed by atoms with E-state index in [4.69, 9.17) is 32.7 Å². The van der Waals surface area contributed by atoms with Gasteiger partial charge < -0.3 is 14.0 Å². The Bertz CT molecular complexity index is 705. The van der Waals surface area contributed by atoms with Gasteiger partial charge in [0.15, 0.2) is 12.4 Å². The third-order valence-electron chi connectivity index (χ3n) is 3.87. The van der Waals surface area contributed by atoms with Gasteiger partial charge in [0.05, 0.1) is 10.0 Å². The summed E-state index contributed by atoms with van der Waals surface area (Å²) in [4.78, 5) is 12.5. The summed E-state index contributed by atoms with van der Waals surface area (Å²) in [6, 6.07) is 6.97. The Labute approximate surface area is 152 Å². The van der Waals surface area contributed by atoms with Gasteiger partial charge in [-0.25, -0.2) is 0 Å². The number of nitrogens with zero attached hydrogens (tertiary/aromatic N) is 1. The van der Waals surface area contributed by atoms with Crippen LogP contribution in [-0.2, 0) is 11.3 Å². The highest BCUT2D eigenvalue weighted by molar-refractivity contribution is 6.37. The molecule has 0 aliphatic carbocycles. The van der Waals surface area contributed by atoms with E-state index in [2.05, 4.69) is 4.57 Å². The van der Waals surface area contributed by atoms with Crippen LogP contribution in [0.5, 0.6) is 5.75 Å². The Morgan fingerprint density at radius 3 is 2.50 bits per heavy atom. The van der Waals surface area contributed by atoms with E-state index in [1.807, 2.05) is 19.9 Å². The number of ketones is 1. The van der Waals surface area contributed by atoms with E-state index in [0.717, 1.165) is 24.4 Å². The number of aryl methyl sites for hydroxylation is 1. The SMILES string of the molecule is COCCCn1c(C)cc(C(=O)COc2c(Cl)cccc2Cl)c1C. The molecule has 4 nitrogen and oxygen atoms in total. The third kappa shape index (κ3) is 4.32. The summed E-state index contributed by atoms with van der Waals surface area (Å²) in [5.41, 5.74) is 2.64. The number of carbonyl (C=O) groups excluding carboxylic acids is 1. The maximum atomic E-state index is 12.5. The molecule has 130 valence electrons. The summed E-state index contributed by atoms with van der Waals surface area (Å²) in [6.07, 6.45) is 0.895. The molecule has 0 radical (unpaired) electrons. The predicted octanol–water partition coefficient (Wildman–Crippen LogP) is 4.71. The largest absolute Gasteiger partial charge is 0.482 e. The number of halogens is 2. The van der Waals surface area contributed by atoms with Gasteiger partial charge in [-0.2, -0.15) is 0 Å². The number of ether oxygens (including phenoxy) is 2. The van der Waals surface area contributed by atoms with Gasteiger partial charge in [-0.1, -0.05) is 29.3 Å². The topological polar surface area (TPSA) is 40.5 Å². The molecule has 0 atom stereocenters. The van der Waals surface area contributed by atoms with Crippen molar-refractivity contribution in [3.05, 3.63) is 51.3 Å². The van der Waals surface area contributed by atoms with Crippen LogP contribution in [0.4, 0.5) is 0 Å². The Balaban J connectivity index is 2.09. The zero-order chi connectivity index (χ0) is 17.7. The van der Waals surface area contributed by atoms with E-state index in [1.165, 1.54) is 0 Å². The number of aromatic nitrogens is 1. The van der Waals surface area contributed by atoms with Crippen molar-refractivity contribution in [1.82, 2.24) is 4.57 Å². The summed E-state index contributed by atoms with van der Waals surface area (Å²) in [5.74, 6) is 0.236. The van der Waals surface area contributed by atoms with E-state index in [1.54, 1.807) is 25.3 Å². The molecular formula is C18H21Cl2NO3. The molecule has 0 aliphatic rings. The van der Waals surface area contributed by atoms with Crippen LogP contribution in [0.2, 0.25) is 10.0 Å². The van der Waals surface area contributed by atoms with Crippen molar-refractivity contribution in [3.63, 3.8) is 0 Å². The first-order valence-corrected chi connectivity index (χ1v) is 8.47. The zero-order valence-corrected chi connectivity index (χ0v) is 15.6. The standard InChI is InChI=1S/C18H21Cl2NO3/c1-12-10-14(13(2)21(12)8-5-9-23-3)17(22)11-24-18-15(19)6-4-7-16(18)20/h4,6-7,10H,5,8-9,11H2,1-3H3. The van der Waals surface area contributed by atoms with E-state index < -0.39 is 0 Å². The molecule has 1 aromatic heterocycles. The number of rotatable bonds is 8. The van der Waals surface area contributed by atoms with Gasteiger partial charge >= 0.3 is 0 Å². The minimum Gasteiger partial charge on any atom is -0.482 e. The third-order valence-corrected chi connectivity index (χ3v) is 4.47. The lowest BCUT2D eigenvalue weighted by Crippen LogP contribution is -2.13. The zero-order valence-electron chi connectivity index (χ0n) is 14.1.